The van der Waals surface area contributed by atoms with Gasteiger partial charge in [0.05, 0.1) is 5.60 Å². The van der Waals surface area contributed by atoms with Crippen LogP contribution in [-0.2, 0) is 4.79 Å². The Labute approximate surface area is 109 Å². The van der Waals surface area contributed by atoms with E-state index in [0.717, 1.165) is 25.7 Å². The summed E-state index contributed by atoms with van der Waals surface area (Å²) in [6.07, 6.45) is 6.93. The molecule has 0 aliphatic heterocycles. The zero-order valence-corrected chi connectivity index (χ0v) is 11.6. The van der Waals surface area contributed by atoms with Gasteiger partial charge in [-0.25, -0.2) is 4.79 Å². The van der Waals surface area contributed by atoms with Crippen LogP contribution in [0.4, 0.5) is 0 Å². The van der Waals surface area contributed by atoms with Crippen molar-refractivity contribution in [3.05, 3.63) is 11.6 Å². The first-order valence-electron chi connectivity index (χ1n) is 6.91. The zero-order valence-electron chi connectivity index (χ0n) is 11.6. The normalized spacial score (nSPS) is 43.4. The van der Waals surface area contributed by atoms with E-state index in [1.54, 1.807) is 13.0 Å². The fourth-order valence-electron chi connectivity index (χ4n) is 4.08. The average molecular weight is 252 g/mol. The molecular formula is C15H24O3. The maximum Gasteiger partial charge on any atom is 0.330 e. The molecule has 0 aromatic carbocycles. The molecule has 0 saturated heterocycles. The van der Waals surface area contributed by atoms with Gasteiger partial charge in [-0.05, 0) is 63.2 Å². The molecule has 3 heteroatoms. The van der Waals surface area contributed by atoms with Crippen LogP contribution in [0.25, 0.3) is 0 Å². The summed E-state index contributed by atoms with van der Waals surface area (Å²) in [5, 5.41) is 19.6. The second kappa shape index (κ2) is 4.37. The summed E-state index contributed by atoms with van der Waals surface area (Å²) in [7, 11) is 0. The van der Waals surface area contributed by atoms with E-state index in [1.807, 2.05) is 6.92 Å². The van der Waals surface area contributed by atoms with Crippen LogP contribution >= 0.6 is 0 Å². The number of carbonyl (C=O) groups is 1. The summed E-state index contributed by atoms with van der Waals surface area (Å²) in [6, 6.07) is 0. The van der Waals surface area contributed by atoms with Crippen LogP contribution in [0, 0.1) is 17.3 Å². The van der Waals surface area contributed by atoms with E-state index >= 15 is 0 Å². The van der Waals surface area contributed by atoms with Crippen molar-refractivity contribution in [3.8, 4) is 0 Å². The molecule has 2 fully saturated rings. The number of carboxylic acid groups (broad SMARTS) is 1. The van der Waals surface area contributed by atoms with Crippen molar-refractivity contribution in [1.82, 2.24) is 0 Å². The number of rotatable bonds is 4. The average Bonchev–Trinajstić information content (AvgIpc) is 2.82. The number of aliphatic carboxylic acids is 1. The third kappa shape index (κ3) is 1.89. The molecule has 0 unspecified atom stereocenters. The lowest BCUT2D eigenvalue weighted by Crippen LogP contribution is -2.48. The SMILES string of the molecule is C/C(=C\CC[C@@]1(C)[C@H]2CC[C@@H](C2)[C@@]1(C)O)C(=O)O. The summed E-state index contributed by atoms with van der Waals surface area (Å²) in [5.41, 5.74) is -0.229. The van der Waals surface area contributed by atoms with Crippen molar-refractivity contribution >= 4 is 5.97 Å². The van der Waals surface area contributed by atoms with Gasteiger partial charge in [-0.2, -0.15) is 0 Å². The highest BCUT2D eigenvalue weighted by Gasteiger charge is 2.61. The minimum absolute atomic E-state index is 0.0504. The molecule has 2 aliphatic carbocycles. The maximum atomic E-state index is 10.7. The van der Waals surface area contributed by atoms with Crippen LogP contribution in [-0.4, -0.2) is 21.8 Å². The van der Waals surface area contributed by atoms with Crippen LogP contribution in [0.3, 0.4) is 0 Å². The monoisotopic (exact) mass is 252 g/mol. The lowest BCUT2D eigenvalue weighted by molar-refractivity contribution is -0.132. The first-order chi connectivity index (χ1) is 8.29. The molecule has 3 nitrogen and oxygen atoms in total. The number of carboxylic acids is 1. The van der Waals surface area contributed by atoms with Gasteiger partial charge in [0.2, 0.25) is 0 Å². The summed E-state index contributed by atoms with van der Waals surface area (Å²) in [4.78, 5) is 10.7. The number of hydrogen-bond acceptors (Lipinski definition) is 2. The summed E-state index contributed by atoms with van der Waals surface area (Å²) in [5.74, 6) is 0.202. The second-order valence-corrected chi connectivity index (χ2v) is 6.50. The van der Waals surface area contributed by atoms with Crippen LogP contribution in [0.5, 0.6) is 0 Å². The van der Waals surface area contributed by atoms with Crippen LogP contribution in [0.1, 0.15) is 52.9 Å². The van der Waals surface area contributed by atoms with Crippen LogP contribution < -0.4 is 0 Å². The Bertz CT molecular complexity index is 383. The second-order valence-electron chi connectivity index (χ2n) is 6.50. The van der Waals surface area contributed by atoms with Gasteiger partial charge in [-0.3, -0.25) is 0 Å². The van der Waals surface area contributed by atoms with Crippen molar-refractivity contribution in [1.29, 1.82) is 0 Å². The Morgan fingerprint density at radius 1 is 1.33 bits per heavy atom. The number of aliphatic hydroxyl groups is 1. The highest BCUT2D eigenvalue weighted by Crippen LogP contribution is 2.63. The molecule has 102 valence electrons. The van der Waals surface area contributed by atoms with Crippen LogP contribution in [0.15, 0.2) is 11.6 Å². The Balaban J connectivity index is 2.04. The quantitative estimate of drug-likeness (QED) is 0.756. The predicted molar refractivity (Wildman–Crippen MR) is 70.2 cm³/mol. The van der Waals surface area contributed by atoms with Crippen LogP contribution in [0.2, 0.25) is 0 Å². The summed E-state index contributed by atoms with van der Waals surface area (Å²) >= 11 is 0. The standard InChI is InChI=1S/C15H24O3/c1-10(13(16)17)5-4-8-14(2)11-6-7-12(9-11)15(14,3)18/h5,11-12,18H,4,6-9H2,1-3H3,(H,16,17)/b10-5+/t11-,12-,14-,15+/m0/s1. The van der Waals surface area contributed by atoms with Gasteiger partial charge >= 0.3 is 5.97 Å². The van der Waals surface area contributed by atoms with Crippen molar-refractivity contribution in [2.75, 3.05) is 0 Å². The van der Waals surface area contributed by atoms with Gasteiger partial charge in [-0.1, -0.05) is 13.0 Å². The predicted octanol–water partition coefficient (Wildman–Crippen LogP) is 2.98. The van der Waals surface area contributed by atoms with E-state index in [-0.39, 0.29) is 5.41 Å². The topological polar surface area (TPSA) is 57.5 Å². The van der Waals surface area contributed by atoms with E-state index in [1.165, 1.54) is 6.42 Å². The van der Waals surface area contributed by atoms with Gasteiger partial charge in [0.15, 0.2) is 0 Å². The fraction of sp³-hybridized carbons (Fsp3) is 0.800. The first kappa shape index (κ1) is 13.6. The molecule has 2 rings (SSSR count). The molecule has 0 spiro atoms. The Kier molecular flexibility index (Phi) is 3.30. The van der Waals surface area contributed by atoms with E-state index in [9.17, 15) is 9.90 Å². The first-order valence-corrected chi connectivity index (χ1v) is 6.91. The summed E-state index contributed by atoms with van der Waals surface area (Å²) in [6.45, 7) is 5.79. The van der Waals surface area contributed by atoms with Crippen molar-refractivity contribution in [2.24, 2.45) is 17.3 Å². The molecule has 0 heterocycles. The molecular weight excluding hydrogens is 228 g/mol. The zero-order chi connectivity index (χ0) is 13.6. The molecule has 18 heavy (non-hydrogen) atoms. The number of fused-ring (bicyclic) bond motifs is 2. The highest BCUT2D eigenvalue weighted by molar-refractivity contribution is 5.85. The Hall–Kier alpha value is -0.830. The van der Waals surface area contributed by atoms with E-state index in [2.05, 4.69) is 6.92 Å². The van der Waals surface area contributed by atoms with Crippen molar-refractivity contribution in [3.63, 3.8) is 0 Å². The van der Waals surface area contributed by atoms with Gasteiger partial charge in [0.1, 0.15) is 0 Å². The third-order valence-electron chi connectivity index (χ3n) is 5.74. The highest BCUT2D eigenvalue weighted by atomic mass is 16.4. The van der Waals surface area contributed by atoms with E-state index in [0.29, 0.717) is 17.4 Å². The van der Waals surface area contributed by atoms with Crippen molar-refractivity contribution < 1.29 is 15.0 Å². The molecule has 0 aromatic heterocycles. The smallest absolute Gasteiger partial charge is 0.330 e. The van der Waals surface area contributed by atoms with Gasteiger partial charge < -0.3 is 10.2 Å². The lowest BCUT2D eigenvalue weighted by atomic mass is 9.63. The maximum absolute atomic E-state index is 10.7. The summed E-state index contributed by atoms with van der Waals surface area (Å²) < 4.78 is 0. The van der Waals surface area contributed by atoms with E-state index < -0.39 is 11.6 Å². The third-order valence-corrected chi connectivity index (χ3v) is 5.74. The molecule has 2 aliphatic rings. The molecule has 2 bridgehead atoms. The number of allylic oxidation sites excluding steroid dienone is 1. The fourth-order valence-corrected chi connectivity index (χ4v) is 4.08. The van der Waals surface area contributed by atoms with Gasteiger partial charge in [0, 0.05) is 5.57 Å². The van der Waals surface area contributed by atoms with Gasteiger partial charge in [-0.15, -0.1) is 0 Å². The molecule has 0 radical (unpaired) electrons. The van der Waals surface area contributed by atoms with E-state index in [4.69, 9.17) is 5.11 Å². The molecule has 2 N–H and O–H groups in total. The molecule has 4 atom stereocenters. The van der Waals surface area contributed by atoms with Crippen molar-refractivity contribution in [2.45, 2.75) is 58.5 Å². The number of hydrogen-bond donors (Lipinski definition) is 2. The lowest BCUT2D eigenvalue weighted by Gasteiger charge is -2.46. The minimum atomic E-state index is -0.847. The molecule has 0 aromatic rings. The largest absolute Gasteiger partial charge is 0.478 e. The molecule has 0 amide bonds. The Morgan fingerprint density at radius 3 is 2.44 bits per heavy atom. The molecule has 2 saturated carbocycles. The Morgan fingerprint density at radius 2 is 1.94 bits per heavy atom. The van der Waals surface area contributed by atoms with Gasteiger partial charge in [0.25, 0.3) is 0 Å². The minimum Gasteiger partial charge on any atom is -0.478 e.